The van der Waals surface area contributed by atoms with Crippen molar-refractivity contribution in [1.82, 2.24) is 0 Å². The molecular formula is C24H16F3N. The molecule has 4 aromatic rings. The Morgan fingerprint density at radius 1 is 0.786 bits per heavy atom. The monoisotopic (exact) mass is 375 g/mol. The van der Waals surface area contributed by atoms with Crippen molar-refractivity contribution >= 4 is 21.5 Å². The van der Waals surface area contributed by atoms with Crippen LogP contribution >= 0.6 is 0 Å². The molecule has 0 radical (unpaired) electrons. The number of nitrogens with zero attached hydrogens (tertiary/aromatic N) is 1. The summed E-state index contributed by atoms with van der Waals surface area (Å²) in [5, 5.41) is 12.3. The Bertz CT molecular complexity index is 1250. The van der Waals surface area contributed by atoms with Crippen LogP contribution in [0.1, 0.15) is 24.5 Å². The van der Waals surface area contributed by atoms with Crippen molar-refractivity contribution in [3.8, 4) is 17.2 Å². The van der Waals surface area contributed by atoms with Crippen LogP contribution < -0.4 is 0 Å². The molecule has 0 saturated heterocycles. The van der Waals surface area contributed by atoms with Crippen LogP contribution in [0.3, 0.4) is 0 Å². The fourth-order valence-corrected chi connectivity index (χ4v) is 3.64. The zero-order chi connectivity index (χ0) is 19.8. The number of hydrogen-bond acceptors (Lipinski definition) is 1. The number of rotatable bonds is 3. The molecule has 0 spiro atoms. The van der Waals surface area contributed by atoms with E-state index in [9.17, 15) is 13.2 Å². The van der Waals surface area contributed by atoms with Crippen molar-refractivity contribution in [2.24, 2.45) is 0 Å². The van der Waals surface area contributed by atoms with E-state index >= 15 is 0 Å². The molecule has 4 heteroatoms. The van der Waals surface area contributed by atoms with E-state index in [1.807, 2.05) is 24.3 Å². The molecule has 0 aliphatic rings. The van der Waals surface area contributed by atoms with Crippen LogP contribution in [0.25, 0.3) is 32.7 Å². The zero-order valence-electron chi connectivity index (χ0n) is 15.2. The third-order valence-electron chi connectivity index (χ3n) is 4.99. The standard InChI is InChI=1S/C24H16F3N/c1-2-3-14-4-7-18-15(8-14)5-6-16-9-20(24(27)12-19(16)18)17-10-22(25)21(13-28)23(26)11-17/h4-12H,2-3H2,1H3. The highest BCUT2D eigenvalue weighted by atomic mass is 19.1. The molecule has 0 saturated carbocycles. The summed E-state index contributed by atoms with van der Waals surface area (Å²) in [6, 6.07) is 16.4. The predicted molar refractivity (Wildman–Crippen MR) is 105 cm³/mol. The van der Waals surface area contributed by atoms with Crippen LogP contribution in [0.5, 0.6) is 0 Å². The topological polar surface area (TPSA) is 23.8 Å². The maximum atomic E-state index is 14.9. The summed E-state index contributed by atoms with van der Waals surface area (Å²) in [4.78, 5) is 0. The normalized spacial score (nSPS) is 11.1. The van der Waals surface area contributed by atoms with Crippen LogP contribution in [0.2, 0.25) is 0 Å². The quantitative estimate of drug-likeness (QED) is 0.357. The van der Waals surface area contributed by atoms with Crippen LogP contribution in [0.15, 0.2) is 54.6 Å². The molecule has 0 amide bonds. The van der Waals surface area contributed by atoms with Gasteiger partial charge >= 0.3 is 0 Å². The van der Waals surface area contributed by atoms with Gasteiger partial charge < -0.3 is 0 Å². The summed E-state index contributed by atoms with van der Waals surface area (Å²) < 4.78 is 42.8. The lowest BCUT2D eigenvalue weighted by molar-refractivity contribution is 0.577. The third kappa shape index (κ3) is 2.99. The Morgan fingerprint density at radius 3 is 2.11 bits per heavy atom. The summed E-state index contributed by atoms with van der Waals surface area (Å²) in [6.07, 6.45) is 2.03. The second-order valence-electron chi connectivity index (χ2n) is 6.85. The minimum Gasteiger partial charge on any atom is -0.206 e. The number of hydrogen-bond donors (Lipinski definition) is 0. The summed E-state index contributed by atoms with van der Waals surface area (Å²) in [5.41, 5.74) is 0.720. The van der Waals surface area contributed by atoms with Gasteiger partial charge in [0, 0.05) is 5.56 Å². The third-order valence-corrected chi connectivity index (χ3v) is 4.99. The van der Waals surface area contributed by atoms with Gasteiger partial charge in [0.25, 0.3) is 0 Å². The van der Waals surface area contributed by atoms with E-state index in [-0.39, 0.29) is 11.1 Å². The molecule has 0 aromatic heterocycles. The highest BCUT2D eigenvalue weighted by Gasteiger charge is 2.15. The fourth-order valence-electron chi connectivity index (χ4n) is 3.64. The molecule has 4 rings (SSSR count). The molecule has 0 N–H and O–H groups in total. The van der Waals surface area contributed by atoms with Gasteiger partial charge in [-0.15, -0.1) is 0 Å². The minimum atomic E-state index is -1.00. The van der Waals surface area contributed by atoms with Gasteiger partial charge in [0.1, 0.15) is 29.1 Å². The van der Waals surface area contributed by atoms with Gasteiger partial charge in [-0.25, -0.2) is 13.2 Å². The lowest BCUT2D eigenvalue weighted by Gasteiger charge is -2.11. The molecule has 1 nitrogen and oxygen atoms in total. The van der Waals surface area contributed by atoms with Crippen LogP contribution in [0.4, 0.5) is 13.2 Å². The SMILES string of the molecule is CCCc1ccc2c(ccc3cc(-c4cc(F)c(C#N)c(F)c4)c(F)cc32)c1. The lowest BCUT2D eigenvalue weighted by Crippen LogP contribution is -1.94. The van der Waals surface area contributed by atoms with Gasteiger partial charge in [-0.3, -0.25) is 0 Å². The second-order valence-corrected chi connectivity index (χ2v) is 6.85. The Hall–Kier alpha value is -3.32. The van der Waals surface area contributed by atoms with E-state index in [1.165, 1.54) is 17.7 Å². The molecule has 28 heavy (non-hydrogen) atoms. The van der Waals surface area contributed by atoms with Crippen molar-refractivity contribution in [2.45, 2.75) is 19.8 Å². The van der Waals surface area contributed by atoms with Gasteiger partial charge in [0.05, 0.1) is 0 Å². The number of fused-ring (bicyclic) bond motifs is 3. The van der Waals surface area contributed by atoms with Crippen molar-refractivity contribution < 1.29 is 13.2 Å². The number of benzene rings is 4. The van der Waals surface area contributed by atoms with Gasteiger partial charge in [-0.1, -0.05) is 43.7 Å². The smallest absolute Gasteiger partial charge is 0.144 e. The molecule has 0 atom stereocenters. The summed E-state index contributed by atoms with van der Waals surface area (Å²) in [5.74, 6) is -2.57. The highest BCUT2D eigenvalue weighted by Crippen LogP contribution is 2.33. The van der Waals surface area contributed by atoms with E-state index in [4.69, 9.17) is 5.26 Å². The Balaban J connectivity index is 1.91. The molecule has 138 valence electrons. The number of halogens is 3. The molecular weight excluding hydrogens is 359 g/mol. The average molecular weight is 375 g/mol. The predicted octanol–water partition coefficient (Wildman–Crippen LogP) is 6.90. The van der Waals surface area contributed by atoms with Gasteiger partial charge in [-0.2, -0.15) is 5.26 Å². The van der Waals surface area contributed by atoms with Crippen LogP contribution in [-0.4, -0.2) is 0 Å². The minimum absolute atomic E-state index is 0.0618. The average Bonchev–Trinajstić information content (AvgIpc) is 2.67. The highest BCUT2D eigenvalue weighted by molar-refractivity contribution is 6.08. The summed E-state index contributed by atoms with van der Waals surface area (Å²) in [6.45, 7) is 2.12. The second kappa shape index (κ2) is 7.01. The first-order valence-electron chi connectivity index (χ1n) is 9.06. The van der Waals surface area contributed by atoms with Crippen molar-refractivity contribution in [3.63, 3.8) is 0 Å². The summed E-state index contributed by atoms with van der Waals surface area (Å²) >= 11 is 0. The lowest BCUT2D eigenvalue weighted by atomic mass is 9.95. The molecule has 0 unspecified atom stereocenters. The zero-order valence-corrected chi connectivity index (χ0v) is 15.2. The van der Waals surface area contributed by atoms with E-state index < -0.39 is 23.0 Å². The first kappa shape index (κ1) is 18.1. The van der Waals surface area contributed by atoms with Gasteiger partial charge in [-0.05, 0) is 63.4 Å². The maximum Gasteiger partial charge on any atom is 0.144 e. The summed E-state index contributed by atoms with van der Waals surface area (Å²) in [7, 11) is 0. The number of aryl methyl sites for hydroxylation is 1. The van der Waals surface area contributed by atoms with E-state index in [1.54, 1.807) is 6.07 Å². The molecule has 0 fully saturated rings. The van der Waals surface area contributed by atoms with Gasteiger partial charge in [0.2, 0.25) is 0 Å². The molecule has 4 aromatic carbocycles. The molecule has 0 aliphatic heterocycles. The first-order valence-corrected chi connectivity index (χ1v) is 9.06. The fraction of sp³-hybridized carbons (Fsp3) is 0.125. The maximum absolute atomic E-state index is 14.9. The Morgan fingerprint density at radius 2 is 1.46 bits per heavy atom. The largest absolute Gasteiger partial charge is 0.206 e. The Labute approximate surface area is 160 Å². The van der Waals surface area contributed by atoms with Crippen LogP contribution in [-0.2, 0) is 6.42 Å². The molecule has 0 heterocycles. The van der Waals surface area contributed by atoms with E-state index in [2.05, 4.69) is 13.0 Å². The van der Waals surface area contributed by atoms with E-state index in [0.29, 0.717) is 0 Å². The molecule has 0 bridgehead atoms. The Kier molecular flexibility index (Phi) is 4.52. The van der Waals surface area contributed by atoms with Crippen molar-refractivity contribution in [1.29, 1.82) is 5.26 Å². The molecule has 0 aliphatic carbocycles. The van der Waals surface area contributed by atoms with Crippen LogP contribution in [0, 0.1) is 28.8 Å². The number of nitriles is 1. The van der Waals surface area contributed by atoms with E-state index in [0.717, 1.165) is 46.5 Å². The first-order chi connectivity index (χ1) is 13.5. The van der Waals surface area contributed by atoms with Crippen molar-refractivity contribution in [2.75, 3.05) is 0 Å². The van der Waals surface area contributed by atoms with Gasteiger partial charge in [0.15, 0.2) is 0 Å². The van der Waals surface area contributed by atoms with Crippen molar-refractivity contribution in [3.05, 3.63) is 83.2 Å².